The molecule has 1 aliphatic heterocycles. The van der Waals surface area contributed by atoms with Crippen molar-refractivity contribution < 1.29 is 41.0 Å². The standard InChI is InChI=1S/C10H11F6NO3/c11-9(12,13)4-5-2-1-3-6(7(18)19)17(5)8(20)10(14,15)16/h5-6H,1-4H2,(H,18,19). The number of carboxylic acids is 1. The van der Waals surface area contributed by atoms with Gasteiger partial charge >= 0.3 is 24.2 Å². The van der Waals surface area contributed by atoms with E-state index >= 15 is 0 Å². The highest BCUT2D eigenvalue weighted by Crippen LogP contribution is 2.34. The average molecular weight is 307 g/mol. The van der Waals surface area contributed by atoms with Crippen molar-refractivity contribution in [1.29, 1.82) is 0 Å². The summed E-state index contributed by atoms with van der Waals surface area (Å²) in [5.74, 6) is -4.28. The van der Waals surface area contributed by atoms with Crippen LogP contribution >= 0.6 is 0 Å². The van der Waals surface area contributed by atoms with Gasteiger partial charge in [-0.25, -0.2) is 4.79 Å². The van der Waals surface area contributed by atoms with E-state index in [4.69, 9.17) is 5.11 Å². The molecule has 1 fully saturated rings. The Morgan fingerprint density at radius 1 is 1.10 bits per heavy atom. The zero-order valence-corrected chi connectivity index (χ0v) is 9.96. The van der Waals surface area contributed by atoms with Crippen LogP contribution in [0, 0.1) is 0 Å². The number of hydrogen-bond donors (Lipinski definition) is 1. The van der Waals surface area contributed by atoms with Gasteiger partial charge in [-0.15, -0.1) is 0 Å². The third-order valence-electron chi connectivity index (χ3n) is 2.97. The fourth-order valence-corrected chi connectivity index (χ4v) is 2.24. The van der Waals surface area contributed by atoms with Crippen LogP contribution in [0.3, 0.4) is 0 Å². The summed E-state index contributed by atoms with van der Waals surface area (Å²) in [5, 5.41) is 8.80. The van der Waals surface area contributed by atoms with Crippen LogP contribution in [0.25, 0.3) is 0 Å². The first-order valence-electron chi connectivity index (χ1n) is 5.62. The number of carboxylic acid groups (broad SMARTS) is 1. The molecule has 1 saturated heterocycles. The molecule has 0 bridgehead atoms. The van der Waals surface area contributed by atoms with E-state index in [1.54, 1.807) is 0 Å². The summed E-state index contributed by atoms with van der Waals surface area (Å²) in [6.07, 6.45) is -12.4. The molecule has 1 heterocycles. The maximum Gasteiger partial charge on any atom is 0.471 e. The van der Waals surface area contributed by atoms with Crippen LogP contribution in [0.2, 0.25) is 0 Å². The number of amides is 1. The minimum Gasteiger partial charge on any atom is -0.480 e. The van der Waals surface area contributed by atoms with Gasteiger partial charge in [0.25, 0.3) is 0 Å². The van der Waals surface area contributed by atoms with Gasteiger partial charge < -0.3 is 10.0 Å². The van der Waals surface area contributed by atoms with Crippen LogP contribution < -0.4 is 0 Å². The summed E-state index contributed by atoms with van der Waals surface area (Å²) in [4.78, 5) is 21.9. The van der Waals surface area contributed by atoms with Gasteiger partial charge in [0.15, 0.2) is 0 Å². The average Bonchev–Trinajstić information content (AvgIpc) is 2.24. The second-order valence-corrected chi connectivity index (χ2v) is 4.47. The van der Waals surface area contributed by atoms with Crippen LogP contribution in [0.1, 0.15) is 25.7 Å². The summed E-state index contributed by atoms with van der Waals surface area (Å²) >= 11 is 0. The van der Waals surface area contributed by atoms with Crippen molar-refractivity contribution in [3.63, 3.8) is 0 Å². The van der Waals surface area contributed by atoms with E-state index in [9.17, 15) is 35.9 Å². The molecule has 1 N–H and O–H groups in total. The number of likely N-dealkylation sites (tertiary alicyclic amines) is 1. The molecular formula is C10H11F6NO3. The summed E-state index contributed by atoms with van der Waals surface area (Å²) in [7, 11) is 0. The Balaban J connectivity index is 3.08. The summed E-state index contributed by atoms with van der Waals surface area (Å²) in [6.45, 7) is 0. The highest BCUT2D eigenvalue weighted by atomic mass is 19.4. The molecule has 116 valence electrons. The molecule has 0 aromatic carbocycles. The quantitative estimate of drug-likeness (QED) is 0.797. The summed E-state index contributed by atoms with van der Waals surface area (Å²) < 4.78 is 74.2. The number of rotatable bonds is 2. The fraction of sp³-hybridized carbons (Fsp3) is 0.800. The number of aliphatic carboxylic acids is 1. The van der Waals surface area contributed by atoms with Gasteiger partial charge in [-0.3, -0.25) is 4.79 Å². The van der Waals surface area contributed by atoms with Crippen LogP contribution in [-0.4, -0.2) is 46.3 Å². The number of nitrogens with zero attached hydrogens (tertiary/aromatic N) is 1. The Kier molecular flexibility index (Phi) is 4.55. The predicted octanol–water partition coefficient (Wildman–Crippen LogP) is 2.34. The molecule has 20 heavy (non-hydrogen) atoms. The Morgan fingerprint density at radius 2 is 1.65 bits per heavy atom. The lowest BCUT2D eigenvalue weighted by molar-refractivity contribution is -0.201. The largest absolute Gasteiger partial charge is 0.480 e. The molecule has 0 aliphatic carbocycles. The number of piperidine rings is 1. The zero-order valence-electron chi connectivity index (χ0n) is 9.96. The molecule has 1 rings (SSSR count). The van der Waals surface area contributed by atoms with Gasteiger partial charge in [0.05, 0.1) is 6.42 Å². The van der Waals surface area contributed by atoms with E-state index in [1.165, 1.54) is 0 Å². The molecule has 1 amide bonds. The van der Waals surface area contributed by atoms with E-state index in [0.29, 0.717) is 0 Å². The zero-order chi connectivity index (χ0) is 15.7. The predicted molar refractivity (Wildman–Crippen MR) is 52.6 cm³/mol. The maximum absolute atomic E-state index is 12.4. The second-order valence-electron chi connectivity index (χ2n) is 4.47. The SMILES string of the molecule is O=C(O)C1CCCC(CC(F)(F)F)N1C(=O)C(F)(F)F. The van der Waals surface area contributed by atoms with Gasteiger partial charge in [-0.1, -0.05) is 0 Å². The van der Waals surface area contributed by atoms with Gasteiger partial charge in [0.1, 0.15) is 6.04 Å². The molecule has 10 heteroatoms. The minimum atomic E-state index is -5.41. The van der Waals surface area contributed by atoms with Crippen LogP contribution in [-0.2, 0) is 9.59 Å². The molecule has 0 aromatic rings. The van der Waals surface area contributed by atoms with Crippen molar-refractivity contribution in [2.75, 3.05) is 0 Å². The third kappa shape index (κ3) is 4.01. The lowest BCUT2D eigenvalue weighted by Gasteiger charge is -2.40. The lowest BCUT2D eigenvalue weighted by Crippen LogP contribution is -2.58. The van der Waals surface area contributed by atoms with Crippen molar-refractivity contribution in [3.8, 4) is 0 Å². The molecule has 0 saturated carbocycles. The molecule has 0 spiro atoms. The Bertz CT molecular complexity index is 391. The Labute approximate surface area is 109 Å². The van der Waals surface area contributed by atoms with Crippen molar-refractivity contribution in [2.45, 2.75) is 50.1 Å². The highest BCUT2D eigenvalue weighted by molar-refractivity contribution is 5.87. The molecule has 2 atom stereocenters. The first-order valence-corrected chi connectivity index (χ1v) is 5.62. The lowest BCUT2D eigenvalue weighted by atomic mass is 9.93. The van der Waals surface area contributed by atoms with Gasteiger partial charge in [0.2, 0.25) is 0 Å². The maximum atomic E-state index is 12.4. The smallest absolute Gasteiger partial charge is 0.471 e. The molecule has 4 nitrogen and oxygen atoms in total. The molecule has 2 unspecified atom stereocenters. The Morgan fingerprint density at radius 3 is 2.05 bits per heavy atom. The number of carbonyl (C=O) groups is 2. The van der Waals surface area contributed by atoms with E-state index in [2.05, 4.69) is 0 Å². The number of alkyl halides is 6. The van der Waals surface area contributed by atoms with Crippen LogP contribution in [0.15, 0.2) is 0 Å². The monoisotopic (exact) mass is 307 g/mol. The second kappa shape index (κ2) is 5.49. The van der Waals surface area contributed by atoms with Crippen LogP contribution in [0.4, 0.5) is 26.3 Å². The topological polar surface area (TPSA) is 57.6 Å². The molecule has 1 aliphatic rings. The first-order chi connectivity index (χ1) is 8.93. The van der Waals surface area contributed by atoms with E-state index in [-0.39, 0.29) is 24.2 Å². The highest BCUT2D eigenvalue weighted by Gasteiger charge is 2.51. The van der Waals surface area contributed by atoms with Gasteiger partial charge in [-0.05, 0) is 19.3 Å². The number of halogens is 6. The van der Waals surface area contributed by atoms with E-state index < -0.39 is 42.7 Å². The van der Waals surface area contributed by atoms with Crippen molar-refractivity contribution >= 4 is 11.9 Å². The third-order valence-corrected chi connectivity index (χ3v) is 2.97. The molecular weight excluding hydrogens is 296 g/mol. The van der Waals surface area contributed by atoms with E-state index in [0.717, 1.165) is 0 Å². The van der Waals surface area contributed by atoms with Crippen molar-refractivity contribution in [2.24, 2.45) is 0 Å². The van der Waals surface area contributed by atoms with Crippen molar-refractivity contribution in [1.82, 2.24) is 4.90 Å². The van der Waals surface area contributed by atoms with Crippen LogP contribution in [0.5, 0.6) is 0 Å². The first kappa shape index (κ1) is 16.6. The minimum absolute atomic E-state index is 0.0132. The summed E-state index contributed by atoms with van der Waals surface area (Å²) in [6, 6.07) is -3.69. The fourth-order valence-electron chi connectivity index (χ4n) is 2.24. The Hall–Kier alpha value is -1.48. The van der Waals surface area contributed by atoms with Gasteiger partial charge in [-0.2, -0.15) is 26.3 Å². The number of carbonyl (C=O) groups excluding carboxylic acids is 1. The summed E-state index contributed by atoms with van der Waals surface area (Å²) in [5.41, 5.74) is 0. The normalized spacial score (nSPS) is 24.6. The molecule has 0 radical (unpaired) electrons. The molecule has 0 aromatic heterocycles. The van der Waals surface area contributed by atoms with E-state index in [1.807, 2.05) is 0 Å². The van der Waals surface area contributed by atoms with Gasteiger partial charge in [0, 0.05) is 6.04 Å². The van der Waals surface area contributed by atoms with Crippen molar-refractivity contribution in [3.05, 3.63) is 0 Å². The number of hydrogen-bond acceptors (Lipinski definition) is 2.